The molecule has 2 aliphatic heterocycles. The number of furan rings is 1. The molecule has 9 heteroatoms. The third-order valence-electron chi connectivity index (χ3n) is 11.5. The van der Waals surface area contributed by atoms with Crippen LogP contribution >= 0.6 is 0 Å². The molecule has 0 N–H and O–H groups in total. The minimum Gasteiger partial charge on any atom is -0.472 e. The first-order valence-electron chi connectivity index (χ1n) is 14.5. The van der Waals surface area contributed by atoms with E-state index in [1.807, 2.05) is 26.8 Å². The van der Waals surface area contributed by atoms with Crippen LogP contribution in [0.15, 0.2) is 23.0 Å². The summed E-state index contributed by atoms with van der Waals surface area (Å²) in [6.07, 6.45) is 3.02. The summed E-state index contributed by atoms with van der Waals surface area (Å²) >= 11 is 0. The van der Waals surface area contributed by atoms with Gasteiger partial charge in [0.05, 0.1) is 37.9 Å². The molecule has 3 saturated carbocycles. The van der Waals surface area contributed by atoms with Gasteiger partial charge in [0.1, 0.15) is 29.7 Å². The lowest BCUT2D eigenvalue weighted by Gasteiger charge is -2.65. The molecule has 3 aliphatic carbocycles. The highest BCUT2D eigenvalue weighted by molar-refractivity contribution is 5.93. The molecule has 5 aliphatic rings. The van der Waals surface area contributed by atoms with Crippen LogP contribution in [0, 0.1) is 45.8 Å². The topological polar surface area (TPSA) is 122 Å². The highest BCUT2D eigenvalue weighted by Gasteiger charge is 2.86. The van der Waals surface area contributed by atoms with Crippen LogP contribution in [-0.2, 0) is 38.1 Å². The second kappa shape index (κ2) is 8.66. The molecule has 0 amide bonds. The van der Waals surface area contributed by atoms with E-state index in [-0.39, 0.29) is 42.3 Å². The zero-order valence-corrected chi connectivity index (χ0v) is 24.4. The molecule has 2 saturated heterocycles. The Hall–Kier alpha value is -2.68. The number of hydrogen-bond donors (Lipinski definition) is 0. The summed E-state index contributed by atoms with van der Waals surface area (Å²) in [6.45, 7) is 11.6. The number of esters is 3. The van der Waals surface area contributed by atoms with Crippen molar-refractivity contribution in [3.63, 3.8) is 0 Å². The number of methoxy groups -OCH3 is 1. The summed E-state index contributed by atoms with van der Waals surface area (Å²) in [7, 11) is 1.35. The Morgan fingerprint density at radius 3 is 2.48 bits per heavy atom. The van der Waals surface area contributed by atoms with E-state index in [2.05, 4.69) is 6.92 Å². The maximum absolute atomic E-state index is 14.6. The normalized spacial score (nSPS) is 44.5. The molecular weight excluding hydrogens is 516 g/mol. The van der Waals surface area contributed by atoms with E-state index in [1.54, 1.807) is 26.4 Å². The van der Waals surface area contributed by atoms with Crippen molar-refractivity contribution >= 4 is 23.7 Å². The van der Waals surface area contributed by atoms with Crippen molar-refractivity contribution in [2.45, 2.75) is 91.1 Å². The van der Waals surface area contributed by atoms with Crippen molar-refractivity contribution < 1.29 is 42.5 Å². The number of ketones is 1. The predicted molar refractivity (Wildman–Crippen MR) is 139 cm³/mol. The maximum Gasteiger partial charge on any atom is 0.308 e. The summed E-state index contributed by atoms with van der Waals surface area (Å²) in [6, 6.07) is 1.83. The van der Waals surface area contributed by atoms with Gasteiger partial charge >= 0.3 is 17.9 Å². The Labute approximate surface area is 234 Å². The van der Waals surface area contributed by atoms with Gasteiger partial charge in [-0.05, 0) is 24.8 Å². The van der Waals surface area contributed by atoms with Gasteiger partial charge in [-0.1, -0.05) is 41.5 Å². The van der Waals surface area contributed by atoms with Crippen LogP contribution in [0.1, 0.15) is 78.9 Å². The first-order chi connectivity index (χ1) is 18.7. The van der Waals surface area contributed by atoms with Gasteiger partial charge in [0.25, 0.3) is 0 Å². The largest absolute Gasteiger partial charge is 0.472 e. The summed E-state index contributed by atoms with van der Waals surface area (Å²) in [4.78, 5) is 53.5. The van der Waals surface area contributed by atoms with Crippen molar-refractivity contribution in [1.82, 2.24) is 0 Å². The number of carbonyl (C=O) groups excluding carboxylic acids is 4. The fraction of sp³-hybridized carbons (Fsp3) is 0.742. The van der Waals surface area contributed by atoms with E-state index in [0.29, 0.717) is 12.8 Å². The van der Waals surface area contributed by atoms with Gasteiger partial charge in [-0.25, -0.2) is 0 Å². The fourth-order valence-corrected chi connectivity index (χ4v) is 9.57. The monoisotopic (exact) mass is 556 g/mol. The lowest BCUT2D eigenvalue weighted by molar-refractivity contribution is -0.222. The van der Waals surface area contributed by atoms with Crippen LogP contribution in [0.2, 0.25) is 0 Å². The summed E-state index contributed by atoms with van der Waals surface area (Å²) in [5.74, 6) is -3.09. The third-order valence-corrected chi connectivity index (χ3v) is 11.5. The van der Waals surface area contributed by atoms with E-state index in [9.17, 15) is 19.2 Å². The van der Waals surface area contributed by atoms with Crippen molar-refractivity contribution in [1.29, 1.82) is 0 Å². The molecule has 2 bridgehead atoms. The van der Waals surface area contributed by atoms with E-state index >= 15 is 0 Å². The van der Waals surface area contributed by atoms with E-state index in [4.69, 9.17) is 23.4 Å². The minimum atomic E-state index is -0.941. The zero-order chi connectivity index (χ0) is 29.0. The molecule has 9 nitrogen and oxygen atoms in total. The molecule has 0 aromatic carbocycles. The van der Waals surface area contributed by atoms with Crippen molar-refractivity contribution in [3.05, 3.63) is 24.2 Å². The molecule has 5 fully saturated rings. The van der Waals surface area contributed by atoms with Crippen molar-refractivity contribution in [2.75, 3.05) is 7.11 Å². The fourth-order valence-electron chi connectivity index (χ4n) is 9.57. The molecule has 3 heterocycles. The molecule has 40 heavy (non-hydrogen) atoms. The van der Waals surface area contributed by atoms with Crippen LogP contribution in [0.25, 0.3) is 0 Å². The van der Waals surface area contributed by atoms with Crippen LogP contribution in [0.5, 0.6) is 0 Å². The zero-order valence-electron chi connectivity index (χ0n) is 24.4. The standard InChI is InChI=1S/C31H40O9/c1-15(2)27(35)39-25-22-23(34)30(6,18(28(25,3)4)12-20(32)36-7)17-8-10-29(5)19(31(17)26(22)40-31)13-21(33)38-24(29)16-9-11-37-14-16/h9,11,14-15,17-19,22,24-26H,8,10,12-13H2,1-7H3. The first-order valence-corrected chi connectivity index (χ1v) is 14.5. The third kappa shape index (κ3) is 3.36. The van der Waals surface area contributed by atoms with Gasteiger partial charge in [0.15, 0.2) is 0 Å². The van der Waals surface area contributed by atoms with Crippen molar-refractivity contribution in [2.24, 2.45) is 45.8 Å². The van der Waals surface area contributed by atoms with Crippen LogP contribution < -0.4 is 0 Å². The Bertz CT molecular complexity index is 1250. The molecule has 1 aromatic heterocycles. The maximum atomic E-state index is 14.6. The molecule has 1 spiro atoms. The second-order valence-corrected chi connectivity index (χ2v) is 14.0. The lowest BCUT2D eigenvalue weighted by Crippen LogP contribution is -2.72. The predicted octanol–water partition coefficient (Wildman–Crippen LogP) is 4.43. The molecule has 218 valence electrons. The molecule has 1 aromatic rings. The highest BCUT2D eigenvalue weighted by Crippen LogP contribution is 2.77. The van der Waals surface area contributed by atoms with Gasteiger partial charge in [0, 0.05) is 40.1 Å². The summed E-state index contributed by atoms with van der Waals surface area (Å²) in [5, 5.41) is 0. The lowest BCUT2D eigenvalue weighted by atomic mass is 9.37. The van der Waals surface area contributed by atoms with E-state index < -0.39 is 63.9 Å². The van der Waals surface area contributed by atoms with Crippen LogP contribution in [-0.4, -0.2) is 48.6 Å². The second-order valence-electron chi connectivity index (χ2n) is 14.0. The number of fused-ring (bicyclic) bond motifs is 5. The summed E-state index contributed by atoms with van der Waals surface area (Å²) < 4.78 is 29.3. The Morgan fingerprint density at radius 2 is 1.85 bits per heavy atom. The number of Topliss-reactive ketones (excluding diaryl/α,β-unsaturated/α-hetero) is 1. The number of ether oxygens (including phenoxy) is 4. The van der Waals surface area contributed by atoms with Gasteiger partial charge in [-0.2, -0.15) is 0 Å². The number of epoxide rings is 1. The average Bonchev–Trinajstić information content (AvgIpc) is 3.35. The SMILES string of the molecule is COC(=O)CC1C(C)(C)C(OC(=O)C(C)C)C2C(=O)C1(C)C1CCC3(C)C(c4ccoc4)OC(=O)CC3C13OC23. The van der Waals surface area contributed by atoms with Crippen molar-refractivity contribution in [3.8, 4) is 0 Å². The number of carbonyl (C=O) groups is 4. The molecule has 6 rings (SSSR count). The first kappa shape index (κ1) is 27.5. The number of rotatable bonds is 5. The highest BCUT2D eigenvalue weighted by atomic mass is 16.6. The number of cyclic esters (lactones) is 1. The smallest absolute Gasteiger partial charge is 0.308 e. The minimum absolute atomic E-state index is 0.0150. The Kier molecular flexibility index (Phi) is 5.95. The van der Waals surface area contributed by atoms with E-state index in [0.717, 1.165) is 5.56 Å². The van der Waals surface area contributed by atoms with E-state index in [1.165, 1.54) is 7.11 Å². The van der Waals surface area contributed by atoms with Crippen LogP contribution in [0.3, 0.4) is 0 Å². The average molecular weight is 557 g/mol. The molecule has 10 unspecified atom stereocenters. The van der Waals surface area contributed by atoms with Gasteiger partial charge in [-0.3, -0.25) is 19.2 Å². The van der Waals surface area contributed by atoms with Crippen LogP contribution in [0.4, 0.5) is 0 Å². The molecule has 10 atom stereocenters. The Morgan fingerprint density at radius 1 is 1.12 bits per heavy atom. The summed E-state index contributed by atoms with van der Waals surface area (Å²) in [5.41, 5.74) is -2.07. The van der Waals surface area contributed by atoms with Gasteiger partial charge in [-0.15, -0.1) is 0 Å². The number of hydrogen-bond acceptors (Lipinski definition) is 9. The van der Waals surface area contributed by atoms with Gasteiger partial charge < -0.3 is 23.4 Å². The molecular formula is C31H40O9. The quantitative estimate of drug-likeness (QED) is 0.294. The molecule has 0 radical (unpaired) electrons. The van der Waals surface area contributed by atoms with Gasteiger partial charge in [0.2, 0.25) is 0 Å². The Balaban J connectivity index is 1.49.